The second kappa shape index (κ2) is 9.66. The largest absolute Gasteiger partial charge is 0.482 e. The second-order valence-electron chi connectivity index (χ2n) is 6.09. The molecule has 2 rings (SSSR count). The average molecular weight is 348 g/mol. The topological polar surface area (TPSA) is 95.9 Å². The van der Waals surface area contributed by atoms with E-state index in [1.807, 2.05) is 6.07 Å². The van der Waals surface area contributed by atoms with Gasteiger partial charge in [0.2, 0.25) is 11.8 Å². The fraction of sp³-hybridized carbons (Fsp3) is 0.500. The number of aliphatic carboxylic acids is 1. The number of hydrogen-bond acceptors (Lipinski definition) is 4. The Morgan fingerprint density at radius 2 is 2.00 bits per heavy atom. The number of carboxylic acids is 1. The summed E-state index contributed by atoms with van der Waals surface area (Å²) in [5, 5.41) is 11.4. The molecule has 0 radical (unpaired) electrons. The number of nitrogens with zero attached hydrogens (tertiary/aromatic N) is 1. The van der Waals surface area contributed by atoms with Crippen molar-refractivity contribution in [1.29, 1.82) is 0 Å². The van der Waals surface area contributed by atoms with Gasteiger partial charge in [-0.3, -0.25) is 9.59 Å². The van der Waals surface area contributed by atoms with E-state index in [-0.39, 0.29) is 18.4 Å². The van der Waals surface area contributed by atoms with Crippen molar-refractivity contribution in [2.24, 2.45) is 0 Å². The van der Waals surface area contributed by atoms with Crippen LogP contribution in [0.3, 0.4) is 0 Å². The van der Waals surface area contributed by atoms with E-state index >= 15 is 0 Å². The summed E-state index contributed by atoms with van der Waals surface area (Å²) in [7, 11) is 0. The van der Waals surface area contributed by atoms with Gasteiger partial charge >= 0.3 is 5.97 Å². The summed E-state index contributed by atoms with van der Waals surface area (Å²) in [6.45, 7) is 0.594. The summed E-state index contributed by atoms with van der Waals surface area (Å²) >= 11 is 0. The van der Waals surface area contributed by atoms with Gasteiger partial charge in [0.05, 0.1) is 6.54 Å². The van der Waals surface area contributed by atoms with Gasteiger partial charge in [-0.2, -0.15) is 0 Å². The molecule has 1 aromatic rings. The molecule has 2 N–H and O–H groups in total. The monoisotopic (exact) mass is 348 g/mol. The van der Waals surface area contributed by atoms with E-state index in [9.17, 15) is 14.4 Å². The number of hydrogen-bond donors (Lipinski definition) is 2. The zero-order valence-corrected chi connectivity index (χ0v) is 14.2. The van der Waals surface area contributed by atoms with Crippen molar-refractivity contribution in [3.8, 4) is 5.75 Å². The lowest BCUT2D eigenvalue weighted by Gasteiger charge is -2.24. The highest BCUT2D eigenvalue weighted by Gasteiger charge is 2.18. The third kappa shape index (κ3) is 6.82. The molecule has 0 saturated carbocycles. The zero-order valence-electron chi connectivity index (χ0n) is 14.2. The van der Waals surface area contributed by atoms with Crippen LogP contribution in [0, 0.1) is 0 Å². The minimum Gasteiger partial charge on any atom is -0.482 e. The standard InChI is InChI=1S/C18H24N2O5/c21-16(12-20-9-4-2-1-3-8-17(20)22)19-11-14-6-5-7-15(10-14)25-13-18(23)24/h5-7,10H,1-4,8-9,11-13H2,(H,19,21)(H,23,24). The van der Waals surface area contributed by atoms with Crippen LogP contribution in [0.5, 0.6) is 5.75 Å². The highest BCUT2D eigenvalue weighted by molar-refractivity contribution is 5.84. The first-order valence-corrected chi connectivity index (χ1v) is 8.52. The number of carboxylic acid groups (broad SMARTS) is 1. The molecule has 2 amide bonds. The molecule has 1 aromatic carbocycles. The summed E-state index contributed by atoms with van der Waals surface area (Å²) in [5.41, 5.74) is 0.801. The van der Waals surface area contributed by atoms with Crippen molar-refractivity contribution in [2.75, 3.05) is 19.7 Å². The van der Waals surface area contributed by atoms with Crippen molar-refractivity contribution in [3.63, 3.8) is 0 Å². The van der Waals surface area contributed by atoms with Crippen LogP contribution in [-0.2, 0) is 20.9 Å². The van der Waals surface area contributed by atoms with Gasteiger partial charge in [-0.25, -0.2) is 4.79 Å². The van der Waals surface area contributed by atoms with E-state index < -0.39 is 12.6 Å². The SMILES string of the molecule is O=C(O)COc1cccc(CNC(=O)CN2CCCCCCC2=O)c1. The summed E-state index contributed by atoms with van der Waals surface area (Å²) in [5.74, 6) is -0.769. The molecule has 136 valence electrons. The van der Waals surface area contributed by atoms with Gasteiger partial charge in [-0.15, -0.1) is 0 Å². The summed E-state index contributed by atoms with van der Waals surface area (Å²) in [4.78, 5) is 36.3. The number of ether oxygens (including phenoxy) is 1. The molecule has 0 bridgehead atoms. The van der Waals surface area contributed by atoms with Crippen LogP contribution in [-0.4, -0.2) is 47.5 Å². The first kappa shape index (κ1) is 18.8. The lowest BCUT2D eigenvalue weighted by atomic mass is 10.1. The number of rotatable bonds is 7. The van der Waals surface area contributed by atoms with Gasteiger partial charge < -0.3 is 20.1 Å². The van der Waals surface area contributed by atoms with Crippen molar-refractivity contribution >= 4 is 17.8 Å². The predicted octanol–water partition coefficient (Wildman–Crippen LogP) is 1.56. The molecule has 0 atom stereocenters. The number of amides is 2. The highest BCUT2D eigenvalue weighted by atomic mass is 16.5. The maximum Gasteiger partial charge on any atom is 0.341 e. The highest BCUT2D eigenvalue weighted by Crippen LogP contribution is 2.14. The number of nitrogens with one attached hydrogen (secondary N) is 1. The van der Waals surface area contributed by atoms with E-state index in [1.165, 1.54) is 0 Å². The quantitative estimate of drug-likeness (QED) is 0.779. The molecule has 0 aliphatic carbocycles. The van der Waals surface area contributed by atoms with E-state index in [0.29, 0.717) is 25.3 Å². The number of benzene rings is 1. The lowest BCUT2D eigenvalue weighted by molar-refractivity contribution is -0.139. The van der Waals surface area contributed by atoms with Crippen LogP contribution in [0.4, 0.5) is 0 Å². The average Bonchev–Trinajstić information content (AvgIpc) is 2.58. The van der Waals surface area contributed by atoms with Crippen LogP contribution in [0.25, 0.3) is 0 Å². The van der Waals surface area contributed by atoms with Crippen molar-refractivity contribution in [2.45, 2.75) is 38.6 Å². The first-order chi connectivity index (χ1) is 12.0. The van der Waals surface area contributed by atoms with E-state index in [0.717, 1.165) is 31.2 Å². The van der Waals surface area contributed by atoms with Crippen LogP contribution < -0.4 is 10.1 Å². The Labute approximate surface area is 147 Å². The summed E-state index contributed by atoms with van der Waals surface area (Å²) < 4.78 is 5.11. The van der Waals surface area contributed by atoms with Crippen LogP contribution in [0.1, 0.15) is 37.7 Å². The van der Waals surface area contributed by atoms with Gasteiger partial charge in [0.15, 0.2) is 6.61 Å². The Kier molecular flexibility index (Phi) is 7.25. The molecule has 7 nitrogen and oxygen atoms in total. The Bertz CT molecular complexity index is 617. The Morgan fingerprint density at radius 1 is 1.20 bits per heavy atom. The molecular weight excluding hydrogens is 324 g/mol. The third-order valence-corrected chi connectivity index (χ3v) is 4.01. The number of carbonyl (C=O) groups is 3. The molecule has 1 heterocycles. The lowest BCUT2D eigenvalue weighted by Crippen LogP contribution is -2.41. The fourth-order valence-corrected chi connectivity index (χ4v) is 2.70. The van der Waals surface area contributed by atoms with Crippen LogP contribution in [0.15, 0.2) is 24.3 Å². The molecule has 1 saturated heterocycles. The molecule has 0 aromatic heterocycles. The molecule has 0 unspecified atom stereocenters. The third-order valence-electron chi connectivity index (χ3n) is 4.01. The van der Waals surface area contributed by atoms with Crippen LogP contribution in [0.2, 0.25) is 0 Å². The molecule has 7 heteroatoms. The molecule has 1 aliphatic heterocycles. The van der Waals surface area contributed by atoms with Gasteiger partial charge in [0, 0.05) is 19.5 Å². The Balaban J connectivity index is 1.81. The summed E-state index contributed by atoms with van der Waals surface area (Å²) in [6.07, 6.45) is 4.50. The van der Waals surface area contributed by atoms with Gasteiger partial charge in [0.1, 0.15) is 5.75 Å². The van der Waals surface area contributed by atoms with Crippen molar-refractivity contribution in [1.82, 2.24) is 10.2 Å². The zero-order chi connectivity index (χ0) is 18.1. The minimum atomic E-state index is -1.04. The van der Waals surface area contributed by atoms with Gasteiger partial charge in [-0.05, 0) is 30.5 Å². The molecular formula is C18H24N2O5. The van der Waals surface area contributed by atoms with Crippen molar-refractivity contribution in [3.05, 3.63) is 29.8 Å². The smallest absolute Gasteiger partial charge is 0.341 e. The first-order valence-electron chi connectivity index (χ1n) is 8.52. The second-order valence-corrected chi connectivity index (χ2v) is 6.09. The normalized spacial score (nSPS) is 15.2. The van der Waals surface area contributed by atoms with Gasteiger partial charge in [-0.1, -0.05) is 25.0 Å². The Hall–Kier alpha value is -2.57. The maximum absolute atomic E-state index is 12.1. The summed E-state index contributed by atoms with van der Waals surface area (Å²) in [6, 6.07) is 6.90. The van der Waals surface area contributed by atoms with Crippen molar-refractivity contribution < 1.29 is 24.2 Å². The molecule has 0 spiro atoms. The minimum absolute atomic E-state index is 0.0407. The number of likely N-dealkylation sites (tertiary alicyclic amines) is 1. The molecule has 1 aliphatic rings. The van der Waals surface area contributed by atoms with E-state index in [4.69, 9.17) is 9.84 Å². The van der Waals surface area contributed by atoms with Crippen LogP contribution >= 0.6 is 0 Å². The Morgan fingerprint density at radius 3 is 2.80 bits per heavy atom. The molecule has 25 heavy (non-hydrogen) atoms. The van der Waals surface area contributed by atoms with Gasteiger partial charge in [0.25, 0.3) is 0 Å². The van der Waals surface area contributed by atoms with E-state index in [2.05, 4.69) is 5.32 Å². The van der Waals surface area contributed by atoms with E-state index in [1.54, 1.807) is 23.1 Å². The fourth-order valence-electron chi connectivity index (χ4n) is 2.70. The number of carbonyl (C=O) groups excluding carboxylic acids is 2. The maximum atomic E-state index is 12.1. The molecule has 1 fully saturated rings. The predicted molar refractivity (Wildman–Crippen MR) is 91.1 cm³/mol.